The molecule has 0 saturated carbocycles. The number of alkyl halides is 2. The number of ether oxygens (including phenoxy) is 1. The van der Waals surface area contributed by atoms with E-state index in [-0.39, 0.29) is 5.75 Å². The predicted molar refractivity (Wildman–Crippen MR) is 86.6 cm³/mol. The SMILES string of the molecule is O=S(=O)(O)C(F)(F)COc1cc(I)c(I)cc1I. The van der Waals surface area contributed by atoms with Crippen molar-refractivity contribution in [3.63, 3.8) is 0 Å². The summed E-state index contributed by atoms with van der Waals surface area (Å²) in [5.74, 6) is 0.142. The molecule has 0 radical (unpaired) electrons. The average Bonchev–Trinajstić information content (AvgIpc) is 2.20. The molecule has 0 unspecified atom stereocenters. The minimum absolute atomic E-state index is 0.142. The van der Waals surface area contributed by atoms with Crippen LogP contribution in [0.15, 0.2) is 12.1 Å². The Morgan fingerprint density at radius 3 is 2.17 bits per heavy atom. The van der Waals surface area contributed by atoms with E-state index in [1.165, 1.54) is 6.07 Å². The highest BCUT2D eigenvalue weighted by Gasteiger charge is 2.45. The summed E-state index contributed by atoms with van der Waals surface area (Å²) in [4.78, 5) is 0. The Kier molecular flexibility index (Phi) is 5.84. The Bertz CT molecular complexity index is 562. The zero-order valence-electron chi connectivity index (χ0n) is 8.33. The predicted octanol–water partition coefficient (Wildman–Crippen LogP) is 3.36. The number of benzene rings is 1. The maximum Gasteiger partial charge on any atom is 0.402 e. The van der Waals surface area contributed by atoms with Gasteiger partial charge in [-0.2, -0.15) is 17.2 Å². The van der Waals surface area contributed by atoms with Crippen molar-refractivity contribution in [2.24, 2.45) is 0 Å². The lowest BCUT2D eigenvalue weighted by Crippen LogP contribution is -2.35. The van der Waals surface area contributed by atoms with E-state index in [4.69, 9.17) is 9.29 Å². The summed E-state index contributed by atoms with van der Waals surface area (Å²) in [6, 6.07) is 3.23. The van der Waals surface area contributed by atoms with Crippen LogP contribution in [0.1, 0.15) is 0 Å². The zero-order chi connectivity index (χ0) is 14.1. The molecule has 0 heterocycles. The van der Waals surface area contributed by atoms with E-state index in [2.05, 4.69) is 22.6 Å². The van der Waals surface area contributed by atoms with Crippen LogP contribution in [0.5, 0.6) is 5.75 Å². The van der Waals surface area contributed by atoms with Gasteiger partial charge in [-0.3, -0.25) is 4.55 Å². The fraction of sp³-hybridized carbons (Fsp3) is 0.250. The maximum atomic E-state index is 13.0. The van der Waals surface area contributed by atoms with E-state index >= 15 is 0 Å². The molecule has 0 bridgehead atoms. The molecular formula is C8H5F2I3O4S. The summed E-state index contributed by atoms with van der Waals surface area (Å²) in [7, 11) is -5.47. The third-order valence-corrected chi connectivity index (χ3v) is 6.28. The van der Waals surface area contributed by atoms with E-state index in [1.54, 1.807) is 6.07 Å². The lowest BCUT2D eigenvalue weighted by Gasteiger charge is -2.15. The van der Waals surface area contributed by atoms with Gasteiger partial charge in [-0.1, -0.05) is 0 Å². The van der Waals surface area contributed by atoms with E-state index < -0.39 is 22.0 Å². The van der Waals surface area contributed by atoms with Crippen LogP contribution in [0.3, 0.4) is 0 Å². The van der Waals surface area contributed by atoms with Gasteiger partial charge in [0.05, 0.1) is 3.57 Å². The van der Waals surface area contributed by atoms with E-state index in [0.29, 0.717) is 3.57 Å². The molecule has 1 aromatic rings. The standard InChI is InChI=1S/C8H5F2I3O4S/c9-8(10,18(14,15)16)3-17-7-2-5(12)4(11)1-6(7)13/h1-2H,3H2,(H,14,15,16). The fourth-order valence-corrected chi connectivity index (χ4v) is 3.18. The van der Waals surface area contributed by atoms with Crippen molar-refractivity contribution in [3.8, 4) is 5.75 Å². The lowest BCUT2D eigenvalue weighted by molar-refractivity contribution is 0.0285. The van der Waals surface area contributed by atoms with Crippen molar-refractivity contribution < 1.29 is 26.5 Å². The largest absolute Gasteiger partial charge is 0.485 e. The van der Waals surface area contributed by atoms with Crippen LogP contribution < -0.4 is 4.74 Å². The molecule has 0 spiro atoms. The zero-order valence-corrected chi connectivity index (χ0v) is 15.6. The topological polar surface area (TPSA) is 63.6 Å². The third kappa shape index (κ3) is 4.24. The Hall–Kier alpha value is 0.980. The lowest BCUT2D eigenvalue weighted by atomic mass is 10.3. The van der Waals surface area contributed by atoms with Crippen molar-refractivity contribution in [1.29, 1.82) is 0 Å². The molecule has 4 nitrogen and oxygen atoms in total. The van der Waals surface area contributed by atoms with Gasteiger partial charge in [0, 0.05) is 7.14 Å². The van der Waals surface area contributed by atoms with Gasteiger partial charge in [0.25, 0.3) is 0 Å². The molecule has 0 fully saturated rings. The van der Waals surface area contributed by atoms with Crippen molar-refractivity contribution >= 4 is 77.9 Å². The van der Waals surface area contributed by atoms with Crippen LogP contribution in [0.25, 0.3) is 0 Å². The molecule has 0 amide bonds. The van der Waals surface area contributed by atoms with Crippen LogP contribution in [-0.2, 0) is 10.1 Å². The highest BCUT2D eigenvalue weighted by atomic mass is 127. The number of hydrogen-bond acceptors (Lipinski definition) is 3. The number of halogens is 5. The summed E-state index contributed by atoms with van der Waals surface area (Å²) < 4.78 is 62.1. The van der Waals surface area contributed by atoms with Crippen LogP contribution in [0.4, 0.5) is 8.78 Å². The number of rotatable bonds is 4. The second kappa shape index (κ2) is 6.17. The van der Waals surface area contributed by atoms with Crippen LogP contribution in [0, 0.1) is 10.7 Å². The van der Waals surface area contributed by atoms with E-state index in [1.807, 2.05) is 45.2 Å². The average molecular weight is 616 g/mol. The second-order valence-corrected chi connectivity index (χ2v) is 8.13. The quantitative estimate of drug-likeness (QED) is 0.321. The van der Waals surface area contributed by atoms with Crippen molar-refractivity contribution in [2.45, 2.75) is 5.25 Å². The summed E-state index contributed by atoms with van der Waals surface area (Å²) in [5.41, 5.74) is 0. The molecule has 10 heteroatoms. The fourth-order valence-electron chi connectivity index (χ4n) is 0.851. The van der Waals surface area contributed by atoms with Crippen LogP contribution >= 0.6 is 67.8 Å². The molecule has 1 aromatic carbocycles. The van der Waals surface area contributed by atoms with Gasteiger partial charge in [-0.15, -0.1) is 0 Å². The molecule has 0 aromatic heterocycles. The van der Waals surface area contributed by atoms with E-state index in [0.717, 1.165) is 7.14 Å². The highest BCUT2D eigenvalue weighted by molar-refractivity contribution is 14.1. The highest BCUT2D eigenvalue weighted by Crippen LogP contribution is 2.29. The van der Waals surface area contributed by atoms with Gasteiger partial charge >= 0.3 is 15.4 Å². The normalized spacial score (nSPS) is 12.6. The second-order valence-electron chi connectivity index (χ2n) is 3.10. The van der Waals surface area contributed by atoms with Gasteiger partial charge in [0.15, 0.2) is 6.61 Å². The first-order chi connectivity index (χ1) is 8.04. The summed E-state index contributed by atoms with van der Waals surface area (Å²) in [5, 5.41) is -4.33. The minimum Gasteiger partial charge on any atom is -0.485 e. The molecule has 102 valence electrons. The van der Waals surface area contributed by atoms with Gasteiger partial charge in [0.1, 0.15) is 5.75 Å². The molecule has 0 saturated heterocycles. The first kappa shape index (κ1) is 17.0. The molecule has 0 aliphatic heterocycles. The molecular weight excluding hydrogens is 611 g/mol. The van der Waals surface area contributed by atoms with Crippen molar-refractivity contribution in [2.75, 3.05) is 6.61 Å². The van der Waals surface area contributed by atoms with Crippen LogP contribution in [-0.4, -0.2) is 24.8 Å². The molecule has 1 N–H and O–H groups in total. The first-order valence-electron chi connectivity index (χ1n) is 4.17. The molecule has 18 heavy (non-hydrogen) atoms. The van der Waals surface area contributed by atoms with Crippen molar-refractivity contribution in [3.05, 3.63) is 22.8 Å². The Balaban J connectivity index is 2.91. The monoisotopic (exact) mass is 616 g/mol. The van der Waals surface area contributed by atoms with Gasteiger partial charge < -0.3 is 4.74 Å². The summed E-state index contributed by atoms with van der Waals surface area (Å²) in [6.45, 7) is -1.43. The minimum atomic E-state index is -5.47. The Labute approximate surface area is 143 Å². The van der Waals surface area contributed by atoms with Gasteiger partial charge in [-0.25, -0.2) is 0 Å². The van der Waals surface area contributed by atoms with Gasteiger partial charge in [0.2, 0.25) is 0 Å². The number of hydrogen-bond donors (Lipinski definition) is 1. The first-order valence-corrected chi connectivity index (χ1v) is 8.84. The smallest absolute Gasteiger partial charge is 0.402 e. The van der Waals surface area contributed by atoms with Gasteiger partial charge in [-0.05, 0) is 79.9 Å². The van der Waals surface area contributed by atoms with E-state index in [9.17, 15) is 17.2 Å². The van der Waals surface area contributed by atoms with Crippen LogP contribution in [0.2, 0.25) is 0 Å². The summed E-state index contributed by atoms with van der Waals surface area (Å²) in [6.07, 6.45) is 0. The third-order valence-electron chi connectivity index (χ3n) is 1.75. The molecule has 0 aliphatic carbocycles. The Morgan fingerprint density at radius 2 is 1.67 bits per heavy atom. The maximum absolute atomic E-state index is 13.0. The Morgan fingerprint density at radius 1 is 1.17 bits per heavy atom. The van der Waals surface area contributed by atoms with Crippen molar-refractivity contribution in [1.82, 2.24) is 0 Å². The summed E-state index contributed by atoms with van der Waals surface area (Å²) >= 11 is 5.95. The molecule has 0 aliphatic rings. The molecule has 1 rings (SSSR count). The molecule has 0 atom stereocenters.